The number of carbonyl (C=O) groups is 1. The maximum absolute atomic E-state index is 13.8. The molecule has 2 nitrogen and oxygen atoms in total. The second kappa shape index (κ2) is 5.83. The minimum atomic E-state index is -0.457. The number of hydrogen-bond donors (Lipinski definition) is 0. The topological polar surface area (TPSA) is 20.3 Å². The van der Waals surface area contributed by atoms with E-state index >= 15 is 0 Å². The summed E-state index contributed by atoms with van der Waals surface area (Å²) in [6, 6.07) is 4.63. The molecule has 0 atom stereocenters. The third-order valence-corrected chi connectivity index (χ3v) is 4.21. The van der Waals surface area contributed by atoms with Gasteiger partial charge in [0.05, 0.1) is 5.56 Å². The molecule has 1 amide bonds. The van der Waals surface area contributed by atoms with Crippen LogP contribution in [0.2, 0.25) is 0 Å². The van der Waals surface area contributed by atoms with Crippen molar-refractivity contribution in [2.75, 3.05) is 13.1 Å². The molecule has 1 aromatic rings. The van der Waals surface area contributed by atoms with Crippen LogP contribution >= 0.6 is 15.9 Å². The Hall–Kier alpha value is -0.900. The molecule has 98 valence electrons. The van der Waals surface area contributed by atoms with E-state index in [1.165, 1.54) is 25.3 Å². The monoisotopic (exact) mass is 313 g/mol. The fourth-order valence-corrected chi connectivity index (χ4v) is 2.71. The fourth-order valence-electron chi connectivity index (χ4n) is 2.20. The molecule has 1 aromatic carbocycles. The van der Waals surface area contributed by atoms with Crippen molar-refractivity contribution in [2.45, 2.75) is 26.2 Å². The predicted molar refractivity (Wildman–Crippen MR) is 73.0 cm³/mol. The molecule has 2 rings (SSSR count). The first-order valence-electron chi connectivity index (χ1n) is 6.36. The van der Waals surface area contributed by atoms with E-state index in [0.29, 0.717) is 16.9 Å². The smallest absolute Gasteiger partial charge is 0.257 e. The molecule has 0 unspecified atom stereocenters. The van der Waals surface area contributed by atoms with Gasteiger partial charge in [-0.1, -0.05) is 12.5 Å². The summed E-state index contributed by atoms with van der Waals surface area (Å²) in [5, 5.41) is 0. The lowest BCUT2D eigenvalue weighted by atomic mass is 9.85. The van der Waals surface area contributed by atoms with Gasteiger partial charge in [0.2, 0.25) is 0 Å². The highest BCUT2D eigenvalue weighted by Crippen LogP contribution is 2.28. The van der Waals surface area contributed by atoms with Crippen LogP contribution in [0.3, 0.4) is 0 Å². The predicted octanol–water partition coefficient (Wildman–Crippen LogP) is 3.85. The second-order valence-corrected chi connectivity index (χ2v) is 5.59. The lowest BCUT2D eigenvalue weighted by Gasteiger charge is -2.32. The first kappa shape index (κ1) is 13.5. The van der Waals surface area contributed by atoms with Gasteiger partial charge in [-0.05, 0) is 53.7 Å². The first-order chi connectivity index (χ1) is 8.63. The summed E-state index contributed by atoms with van der Waals surface area (Å²) in [6.07, 6.45) is 3.62. The molecule has 1 aliphatic rings. The van der Waals surface area contributed by atoms with Crippen LogP contribution < -0.4 is 0 Å². The van der Waals surface area contributed by atoms with Crippen molar-refractivity contribution in [1.82, 2.24) is 4.90 Å². The normalized spacial score (nSPS) is 15.3. The zero-order valence-electron chi connectivity index (χ0n) is 10.5. The number of hydrogen-bond acceptors (Lipinski definition) is 1. The van der Waals surface area contributed by atoms with Crippen molar-refractivity contribution in [3.63, 3.8) is 0 Å². The van der Waals surface area contributed by atoms with Gasteiger partial charge in [-0.15, -0.1) is 0 Å². The van der Waals surface area contributed by atoms with Gasteiger partial charge in [-0.25, -0.2) is 4.39 Å². The van der Waals surface area contributed by atoms with Crippen LogP contribution in [-0.2, 0) is 0 Å². The van der Waals surface area contributed by atoms with E-state index in [1.54, 1.807) is 17.0 Å². The molecule has 0 aromatic heterocycles. The molecule has 0 aliphatic heterocycles. The minimum absolute atomic E-state index is 0.152. The zero-order chi connectivity index (χ0) is 13.1. The molecule has 1 fully saturated rings. The highest BCUT2D eigenvalue weighted by atomic mass is 79.9. The average molecular weight is 314 g/mol. The maximum Gasteiger partial charge on any atom is 0.257 e. The van der Waals surface area contributed by atoms with Crippen molar-refractivity contribution >= 4 is 21.8 Å². The van der Waals surface area contributed by atoms with Crippen LogP contribution in [0.1, 0.15) is 36.5 Å². The summed E-state index contributed by atoms with van der Waals surface area (Å²) < 4.78 is 14.3. The van der Waals surface area contributed by atoms with Gasteiger partial charge in [0.25, 0.3) is 5.91 Å². The number of carbonyl (C=O) groups excluding carboxylic acids is 1. The fraction of sp³-hybridized carbons (Fsp3) is 0.500. The van der Waals surface area contributed by atoms with Crippen molar-refractivity contribution in [3.05, 3.63) is 34.1 Å². The highest BCUT2D eigenvalue weighted by molar-refractivity contribution is 9.10. The van der Waals surface area contributed by atoms with E-state index in [9.17, 15) is 9.18 Å². The Morgan fingerprint density at radius 2 is 2.22 bits per heavy atom. The van der Waals surface area contributed by atoms with Crippen LogP contribution in [0.5, 0.6) is 0 Å². The van der Waals surface area contributed by atoms with E-state index in [1.807, 2.05) is 6.92 Å². The van der Waals surface area contributed by atoms with Gasteiger partial charge < -0.3 is 4.90 Å². The van der Waals surface area contributed by atoms with Crippen molar-refractivity contribution in [2.24, 2.45) is 5.92 Å². The van der Waals surface area contributed by atoms with Crippen LogP contribution in [0, 0.1) is 11.7 Å². The Morgan fingerprint density at radius 1 is 1.50 bits per heavy atom. The summed E-state index contributed by atoms with van der Waals surface area (Å²) in [5.41, 5.74) is 0.152. The summed E-state index contributed by atoms with van der Waals surface area (Å²) in [4.78, 5) is 14.1. The maximum atomic E-state index is 13.8. The van der Waals surface area contributed by atoms with Gasteiger partial charge in [0, 0.05) is 17.6 Å². The molecular formula is C14H17BrFNO. The number of amides is 1. The Balaban J connectivity index is 2.17. The van der Waals surface area contributed by atoms with Crippen molar-refractivity contribution < 1.29 is 9.18 Å². The molecule has 1 aliphatic carbocycles. The van der Waals surface area contributed by atoms with Gasteiger partial charge in [0.1, 0.15) is 5.82 Å². The number of halogens is 2. The van der Waals surface area contributed by atoms with Gasteiger partial charge in [0.15, 0.2) is 0 Å². The third kappa shape index (κ3) is 2.74. The molecule has 4 heteroatoms. The van der Waals surface area contributed by atoms with E-state index in [2.05, 4.69) is 15.9 Å². The van der Waals surface area contributed by atoms with Crippen LogP contribution in [-0.4, -0.2) is 23.9 Å². The molecule has 0 saturated heterocycles. The number of benzene rings is 1. The third-order valence-electron chi connectivity index (χ3n) is 3.55. The second-order valence-electron chi connectivity index (χ2n) is 4.74. The Morgan fingerprint density at radius 3 is 2.72 bits per heavy atom. The molecule has 0 radical (unpaired) electrons. The zero-order valence-corrected chi connectivity index (χ0v) is 12.0. The molecule has 0 heterocycles. The number of rotatable bonds is 4. The quantitative estimate of drug-likeness (QED) is 0.826. The molecule has 18 heavy (non-hydrogen) atoms. The van der Waals surface area contributed by atoms with E-state index in [0.717, 1.165) is 6.54 Å². The molecule has 0 bridgehead atoms. The first-order valence-corrected chi connectivity index (χ1v) is 7.16. The lowest BCUT2D eigenvalue weighted by molar-refractivity contribution is 0.0701. The van der Waals surface area contributed by atoms with Crippen LogP contribution in [0.25, 0.3) is 0 Å². The van der Waals surface area contributed by atoms with Gasteiger partial charge in [-0.3, -0.25) is 4.79 Å². The van der Waals surface area contributed by atoms with Crippen LogP contribution in [0.4, 0.5) is 4.39 Å². The Kier molecular flexibility index (Phi) is 4.38. The Labute approximate surface area is 115 Å². The van der Waals surface area contributed by atoms with Gasteiger partial charge >= 0.3 is 0 Å². The summed E-state index contributed by atoms with van der Waals surface area (Å²) >= 11 is 3.25. The van der Waals surface area contributed by atoms with E-state index < -0.39 is 5.82 Å². The molecule has 0 spiro atoms. The highest BCUT2D eigenvalue weighted by Gasteiger charge is 2.25. The average Bonchev–Trinajstić information content (AvgIpc) is 2.27. The van der Waals surface area contributed by atoms with Gasteiger partial charge in [-0.2, -0.15) is 0 Å². The number of nitrogens with zero attached hydrogens (tertiary/aromatic N) is 1. The SMILES string of the molecule is CCN(CC1CCC1)C(=O)c1c(F)cccc1Br. The van der Waals surface area contributed by atoms with Crippen molar-refractivity contribution in [1.29, 1.82) is 0 Å². The minimum Gasteiger partial charge on any atom is -0.339 e. The van der Waals surface area contributed by atoms with E-state index in [-0.39, 0.29) is 11.5 Å². The largest absolute Gasteiger partial charge is 0.339 e. The molecule has 1 saturated carbocycles. The summed E-state index contributed by atoms with van der Waals surface area (Å²) in [7, 11) is 0. The van der Waals surface area contributed by atoms with Crippen LogP contribution in [0.15, 0.2) is 22.7 Å². The van der Waals surface area contributed by atoms with E-state index in [4.69, 9.17) is 0 Å². The standard InChI is InChI=1S/C14H17BrFNO/c1-2-17(9-10-5-3-6-10)14(18)13-11(15)7-4-8-12(13)16/h4,7-8,10H,2-3,5-6,9H2,1H3. The summed E-state index contributed by atoms with van der Waals surface area (Å²) in [6.45, 7) is 3.30. The van der Waals surface area contributed by atoms with Crippen molar-refractivity contribution in [3.8, 4) is 0 Å². The molecule has 0 N–H and O–H groups in total. The Bertz CT molecular complexity index is 425. The molecular weight excluding hydrogens is 297 g/mol. The lowest BCUT2D eigenvalue weighted by Crippen LogP contribution is -2.37. The summed E-state index contributed by atoms with van der Waals surface area (Å²) in [5.74, 6) is -0.0738.